The molecule has 0 saturated carbocycles. The number of aliphatic carboxylic acids is 1. The van der Waals surface area contributed by atoms with Crippen molar-refractivity contribution >= 4 is 5.97 Å². The van der Waals surface area contributed by atoms with Gasteiger partial charge >= 0.3 is 5.97 Å². The summed E-state index contributed by atoms with van der Waals surface area (Å²) in [5, 5.41) is 8.74. The van der Waals surface area contributed by atoms with Gasteiger partial charge in [0.05, 0.1) is 0 Å². The molecule has 25 heavy (non-hydrogen) atoms. The number of hydrogen-bond acceptors (Lipinski definition) is 2. The van der Waals surface area contributed by atoms with E-state index in [1.807, 2.05) is 66.8 Å². The number of ether oxygens (including phenoxy) is 1. The fraction of sp³-hybridized carbons (Fsp3) is 0.136. The largest absolute Gasteiger partial charge is 0.481 e. The Balaban J connectivity index is 1.66. The number of benzene rings is 2. The summed E-state index contributed by atoms with van der Waals surface area (Å²) in [6, 6.07) is 16.0. The number of allylic oxidation sites excluding steroid dienone is 5. The molecule has 3 rings (SSSR count). The number of hydrogen-bond donors (Lipinski definition) is 1. The number of carbonyl (C=O) groups is 1. The van der Waals surface area contributed by atoms with Crippen molar-refractivity contribution in [2.24, 2.45) is 0 Å². The van der Waals surface area contributed by atoms with Gasteiger partial charge in [-0.05, 0) is 53.8 Å². The first-order chi connectivity index (χ1) is 12.2. The van der Waals surface area contributed by atoms with Crippen LogP contribution in [0, 0.1) is 0 Å². The molecule has 0 aromatic heterocycles. The Morgan fingerprint density at radius 2 is 1.64 bits per heavy atom. The number of rotatable bonds is 6. The van der Waals surface area contributed by atoms with Crippen LogP contribution in [0.15, 0.2) is 84.7 Å². The summed E-state index contributed by atoms with van der Waals surface area (Å²) >= 11 is 0. The average molecular weight is 332 g/mol. The van der Waals surface area contributed by atoms with Crippen molar-refractivity contribution in [1.29, 1.82) is 0 Å². The zero-order valence-corrected chi connectivity index (χ0v) is 13.9. The highest BCUT2D eigenvalue weighted by atomic mass is 16.5. The monoisotopic (exact) mass is 332 g/mol. The molecule has 0 heterocycles. The van der Waals surface area contributed by atoms with E-state index in [4.69, 9.17) is 9.84 Å². The summed E-state index contributed by atoms with van der Waals surface area (Å²) in [6.45, 7) is 0. The fourth-order valence-electron chi connectivity index (χ4n) is 2.59. The minimum atomic E-state index is -0.770. The van der Waals surface area contributed by atoms with E-state index in [0.717, 1.165) is 34.6 Å². The minimum absolute atomic E-state index is 0.158. The van der Waals surface area contributed by atoms with Gasteiger partial charge in [0, 0.05) is 6.42 Å². The summed E-state index contributed by atoms with van der Waals surface area (Å²) in [5.41, 5.74) is 3.23. The third-order valence-electron chi connectivity index (χ3n) is 3.96. The van der Waals surface area contributed by atoms with Crippen LogP contribution in [0.5, 0.6) is 5.75 Å². The minimum Gasteiger partial charge on any atom is -0.481 e. The summed E-state index contributed by atoms with van der Waals surface area (Å²) in [6.07, 6.45) is 11.7. The summed E-state index contributed by atoms with van der Waals surface area (Å²) in [4.78, 5) is 10.6. The summed E-state index contributed by atoms with van der Waals surface area (Å²) < 4.78 is 5.87. The van der Waals surface area contributed by atoms with E-state index < -0.39 is 5.97 Å². The third-order valence-corrected chi connectivity index (χ3v) is 3.96. The zero-order valence-electron chi connectivity index (χ0n) is 13.9. The fourth-order valence-corrected chi connectivity index (χ4v) is 2.59. The molecule has 0 spiro atoms. The van der Waals surface area contributed by atoms with Crippen LogP contribution in [0.4, 0.5) is 0 Å². The van der Waals surface area contributed by atoms with Crippen LogP contribution in [0.2, 0.25) is 0 Å². The molecular formula is C22H20O3. The smallest absolute Gasteiger partial charge is 0.303 e. The number of carboxylic acids is 1. The molecule has 0 unspecified atom stereocenters. The predicted octanol–water partition coefficient (Wildman–Crippen LogP) is 5.15. The molecule has 126 valence electrons. The van der Waals surface area contributed by atoms with Crippen molar-refractivity contribution in [3.63, 3.8) is 0 Å². The first-order valence-corrected chi connectivity index (χ1v) is 8.33. The van der Waals surface area contributed by atoms with Gasteiger partial charge in [-0.25, -0.2) is 0 Å². The van der Waals surface area contributed by atoms with Gasteiger partial charge < -0.3 is 9.84 Å². The second-order valence-electron chi connectivity index (χ2n) is 5.85. The van der Waals surface area contributed by atoms with Crippen LogP contribution in [0.25, 0.3) is 11.1 Å². The standard InChI is InChI=1S/C22H20O3/c23-22(24)16-9-17-7-10-18(11-8-17)19-12-14-21(15-13-19)25-20-5-3-1-2-4-6-20/h1,3-8,10-15H,2,9,16H2,(H,23,24). The summed E-state index contributed by atoms with van der Waals surface area (Å²) in [5.74, 6) is 0.853. The van der Waals surface area contributed by atoms with Crippen LogP contribution in [0.3, 0.4) is 0 Å². The van der Waals surface area contributed by atoms with Gasteiger partial charge in [0.2, 0.25) is 0 Å². The van der Waals surface area contributed by atoms with Gasteiger partial charge in [0.15, 0.2) is 0 Å². The highest BCUT2D eigenvalue weighted by Crippen LogP contribution is 2.24. The van der Waals surface area contributed by atoms with Gasteiger partial charge in [-0.15, -0.1) is 0 Å². The molecule has 3 heteroatoms. The number of carboxylic acid groups (broad SMARTS) is 1. The van der Waals surface area contributed by atoms with Crippen molar-refractivity contribution in [3.8, 4) is 16.9 Å². The van der Waals surface area contributed by atoms with Crippen LogP contribution in [-0.2, 0) is 11.2 Å². The van der Waals surface area contributed by atoms with E-state index >= 15 is 0 Å². The van der Waals surface area contributed by atoms with E-state index in [1.54, 1.807) is 0 Å². The lowest BCUT2D eigenvalue weighted by atomic mass is 10.0. The lowest BCUT2D eigenvalue weighted by Gasteiger charge is -2.08. The van der Waals surface area contributed by atoms with Gasteiger partial charge in [-0.3, -0.25) is 4.79 Å². The average Bonchev–Trinajstić information content (AvgIpc) is 2.90. The molecule has 0 atom stereocenters. The Bertz CT molecular complexity index is 809. The van der Waals surface area contributed by atoms with E-state index in [2.05, 4.69) is 12.2 Å². The van der Waals surface area contributed by atoms with Crippen molar-refractivity contribution < 1.29 is 14.6 Å². The van der Waals surface area contributed by atoms with Gasteiger partial charge in [0.1, 0.15) is 11.5 Å². The van der Waals surface area contributed by atoms with Crippen LogP contribution < -0.4 is 4.74 Å². The highest BCUT2D eigenvalue weighted by molar-refractivity contribution is 5.67. The molecule has 2 aromatic carbocycles. The SMILES string of the molecule is O=C(O)CCc1ccc(-c2ccc(OC3=CC=CCC=C3)cc2)cc1. The second kappa shape index (κ2) is 8.15. The molecule has 1 aliphatic carbocycles. The van der Waals surface area contributed by atoms with Crippen molar-refractivity contribution in [3.05, 3.63) is 90.2 Å². The third kappa shape index (κ3) is 4.95. The van der Waals surface area contributed by atoms with Gasteiger partial charge in [-0.1, -0.05) is 54.6 Å². The molecule has 0 bridgehead atoms. The maximum absolute atomic E-state index is 10.6. The van der Waals surface area contributed by atoms with Crippen molar-refractivity contribution in [2.45, 2.75) is 19.3 Å². The molecule has 2 aromatic rings. The first kappa shape index (κ1) is 16.8. The number of aryl methyl sites for hydroxylation is 1. The van der Waals surface area contributed by atoms with Crippen molar-refractivity contribution in [2.75, 3.05) is 0 Å². The molecular weight excluding hydrogens is 312 g/mol. The Kier molecular flexibility index (Phi) is 5.47. The Labute approximate surface area is 147 Å². The lowest BCUT2D eigenvalue weighted by molar-refractivity contribution is -0.136. The molecule has 0 saturated heterocycles. The highest BCUT2D eigenvalue weighted by Gasteiger charge is 2.03. The Morgan fingerprint density at radius 3 is 2.32 bits per heavy atom. The van der Waals surface area contributed by atoms with E-state index in [-0.39, 0.29) is 6.42 Å². The molecule has 0 fully saturated rings. The Hall–Kier alpha value is -3.07. The second-order valence-corrected chi connectivity index (χ2v) is 5.85. The molecule has 3 nitrogen and oxygen atoms in total. The van der Waals surface area contributed by atoms with Gasteiger partial charge in [-0.2, -0.15) is 0 Å². The zero-order chi connectivity index (χ0) is 17.5. The topological polar surface area (TPSA) is 46.5 Å². The molecule has 0 aliphatic heterocycles. The van der Waals surface area contributed by atoms with Crippen LogP contribution in [-0.4, -0.2) is 11.1 Å². The molecule has 0 amide bonds. The molecule has 1 N–H and O–H groups in total. The van der Waals surface area contributed by atoms with Crippen LogP contribution >= 0.6 is 0 Å². The maximum atomic E-state index is 10.6. The Morgan fingerprint density at radius 1 is 0.960 bits per heavy atom. The predicted molar refractivity (Wildman–Crippen MR) is 99.4 cm³/mol. The van der Waals surface area contributed by atoms with Gasteiger partial charge in [0.25, 0.3) is 0 Å². The lowest BCUT2D eigenvalue weighted by Crippen LogP contribution is -1.97. The quantitative estimate of drug-likeness (QED) is 0.796. The van der Waals surface area contributed by atoms with E-state index in [1.165, 1.54) is 0 Å². The van der Waals surface area contributed by atoms with Crippen molar-refractivity contribution in [1.82, 2.24) is 0 Å². The van der Waals surface area contributed by atoms with E-state index in [9.17, 15) is 4.79 Å². The first-order valence-electron chi connectivity index (χ1n) is 8.33. The maximum Gasteiger partial charge on any atom is 0.303 e. The summed E-state index contributed by atoms with van der Waals surface area (Å²) in [7, 11) is 0. The van der Waals surface area contributed by atoms with E-state index in [0.29, 0.717) is 6.42 Å². The molecule has 1 aliphatic rings. The normalized spacial score (nSPS) is 13.2. The van der Waals surface area contributed by atoms with Crippen LogP contribution in [0.1, 0.15) is 18.4 Å². The molecule has 0 radical (unpaired) electrons.